The highest BCUT2D eigenvalue weighted by Gasteiger charge is 2.30. The number of benzene rings is 1. The standard InChI is InChI=1S/C15H23BrN2O/c1-15(2)11-19-10-9-18(15)8-7-14(17)12-3-5-13(16)6-4-12/h3-6,14H,7-11,17H2,1-2H3. The molecule has 4 heteroatoms. The van der Waals surface area contributed by atoms with Crippen molar-refractivity contribution in [3.05, 3.63) is 34.3 Å². The molecule has 2 rings (SSSR count). The van der Waals surface area contributed by atoms with E-state index in [2.05, 4.69) is 46.8 Å². The Bertz CT molecular complexity index is 405. The molecular formula is C15H23BrN2O. The van der Waals surface area contributed by atoms with Gasteiger partial charge >= 0.3 is 0 Å². The van der Waals surface area contributed by atoms with E-state index in [4.69, 9.17) is 10.5 Å². The van der Waals surface area contributed by atoms with Gasteiger partial charge in [0.1, 0.15) is 0 Å². The van der Waals surface area contributed by atoms with Crippen molar-refractivity contribution in [2.75, 3.05) is 26.3 Å². The lowest BCUT2D eigenvalue weighted by Crippen LogP contribution is -2.53. The van der Waals surface area contributed by atoms with E-state index >= 15 is 0 Å². The lowest BCUT2D eigenvalue weighted by molar-refractivity contribution is -0.0517. The van der Waals surface area contributed by atoms with Crippen molar-refractivity contribution in [1.82, 2.24) is 4.90 Å². The van der Waals surface area contributed by atoms with E-state index in [0.717, 1.165) is 37.2 Å². The molecule has 1 unspecified atom stereocenters. The van der Waals surface area contributed by atoms with Crippen LogP contribution < -0.4 is 5.73 Å². The van der Waals surface area contributed by atoms with E-state index in [0.29, 0.717) is 0 Å². The number of rotatable bonds is 4. The van der Waals surface area contributed by atoms with Crippen LogP contribution in [0.3, 0.4) is 0 Å². The molecule has 1 atom stereocenters. The molecule has 106 valence electrons. The summed E-state index contributed by atoms with van der Waals surface area (Å²) in [7, 11) is 0. The van der Waals surface area contributed by atoms with E-state index in [1.54, 1.807) is 0 Å². The monoisotopic (exact) mass is 326 g/mol. The van der Waals surface area contributed by atoms with Crippen molar-refractivity contribution in [2.24, 2.45) is 5.73 Å². The number of nitrogens with zero attached hydrogens (tertiary/aromatic N) is 1. The third-order valence-electron chi connectivity index (χ3n) is 3.83. The van der Waals surface area contributed by atoms with E-state index in [1.165, 1.54) is 5.56 Å². The molecule has 0 aliphatic carbocycles. The van der Waals surface area contributed by atoms with Crippen molar-refractivity contribution in [3.8, 4) is 0 Å². The maximum atomic E-state index is 6.28. The summed E-state index contributed by atoms with van der Waals surface area (Å²) in [5, 5.41) is 0. The van der Waals surface area contributed by atoms with Crippen LogP contribution in [-0.2, 0) is 4.74 Å². The lowest BCUT2D eigenvalue weighted by Gasteiger charge is -2.42. The highest BCUT2D eigenvalue weighted by molar-refractivity contribution is 9.10. The average Bonchev–Trinajstić information content (AvgIpc) is 2.37. The molecule has 0 aromatic heterocycles. The zero-order valence-corrected chi connectivity index (χ0v) is 13.3. The van der Waals surface area contributed by atoms with Crippen LogP contribution in [0.2, 0.25) is 0 Å². The summed E-state index contributed by atoms with van der Waals surface area (Å²) in [5.41, 5.74) is 7.60. The second-order valence-corrected chi connectivity index (χ2v) is 6.71. The Kier molecular flexibility index (Phi) is 5.01. The Morgan fingerprint density at radius 1 is 1.37 bits per heavy atom. The van der Waals surface area contributed by atoms with E-state index in [1.807, 2.05) is 12.1 Å². The molecule has 1 saturated heterocycles. The third kappa shape index (κ3) is 4.02. The third-order valence-corrected chi connectivity index (χ3v) is 4.35. The van der Waals surface area contributed by atoms with Crippen LogP contribution in [0.1, 0.15) is 31.9 Å². The average molecular weight is 327 g/mol. The number of hydrogen-bond acceptors (Lipinski definition) is 3. The van der Waals surface area contributed by atoms with Gasteiger partial charge in [-0.25, -0.2) is 0 Å². The predicted molar refractivity (Wildman–Crippen MR) is 82.2 cm³/mol. The maximum absolute atomic E-state index is 6.28. The Morgan fingerprint density at radius 3 is 2.68 bits per heavy atom. The number of morpholine rings is 1. The number of nitrogens with two attached hydrogens (primary N) is 1. The normalized spacial score (nSPS) is 21.3. The molecule has 1 aliphatic rings. The first kappa shape index (κ1) is 15.0. The van der Waals surface area contributed by atoms with Gasteiger partial charge in [0.25, 0.3) is 0 Å². The van der Waals surface area contributed by atoms with E-state index in [-0.39, 0.29) is 11.6 Å². The zero-order valence-electron chi connectivity index (χ0n) is 11.7. The minimum absolute atomic E-state index is 0.103. The Labute approximate surface area is 124 Å². The predicted octanol–water partition coefficient (Wildman–Crippen LogP) is 2.95. The largest absolute Gasteiger partial charge is 0.378 e. The highest BCUT2D eigenvalue weighted by atomic mass is 79.9. The minimum Gasteiger partial charge on any atom is -0.378 e. The zero-order chi connectivity index (χ0) is 13.9. The summed E-state index contributed by atoms with van der Waals surface area (Å²) in [6.45, 7) is 8.12. The summed E-state index contributed by atoms with van der Waals surface area (Å²) in [5.74, 6) is 0. The van der Waals surface area contributed by atoms with Crippen LogP contribution in [0.4, 0.5) is 0 Å². The molecule has 1 aromatic carbocycles. The molecule has 0 bridgehead atoms. The van der Waals surface area contributed by atoms with Gasteiger partial charge in [0, 0.05) is 29.1 Å². The minimum atomic E-state index is 0.103. The molecule has 0 radical (unpaired) electrons. The van der Waals surface area contributed by atoms with Crippen LogP contribution in [0.5, 0.6) is 0 Å². The molecule has 1 aliphatic heterocycles. The van der Waals surface area contributed by atoms with Crippen molar-refractivity contribution in [3.63, 3.8) is 0 Å². The molecule has 0 amide bonds. The molecule has 0 saturated carbocycles. The smallest absolute Gasteiger partial charge is 0.0645 e. The fraction of sp³-hybridized carbons (Fsp3) is 0.600. The van der Waals surface area contributed by atoms with Crippen LogP contribution in [0.25, 0.3) is 0 Å². The number of hydrogen-bond donors (Lipinski definition) is 1. The summed E-state index contributed by atoms with van der Waals surface area (Å²) in [6, 6.07) is 8.40. The first-order valence-electron chi connectivity index (χ1n) is 6.83. The van der Waals surface area contributed by atoms with Gasteiger partial charge in [0.2, 0.25) is 0 Å². The quantitative estimate of drug-likeness (QED) is 0.924. The van der Waals surface area contributed by atoms with Gasteiger partial charge in [-0.1, -0.05) is 28.1 Å². The van der Waals surface area contributed by atoms with Crippen LogP contribution >= 0.6 is 15.9 Å². The molecule has 2 N–H and O–H groups in total. The van der Waals surface area contributed by atoms with Gasteiger partial charge in [0.15, 0.2) is 0 Å². The highest BCUT2D eigenvalue weighted by Crippen LogP contribution is 2.22. The van der Waals surface area contributed by atoms with Crippen molar-refractivity contribution < 1.29 is 4.74 Å². The Morgan fingerprint density at radius 2 is 2.05 bits per heavy atom. The molecular weight excluding hydrogens is 304 g/mol. The van der Waals surface area contributed by atoms with Gasteiger partial charge in [-0.2, -0.15) is 0 Å². The fourth-order valence-corrected chi connectivity index (χ4v) is 2.74. The van der Waals surface area contributed by atoms with E-state index < -0.39 is 0 Å². The second kappa shape index (κ2) is 6.35. The first-order chi connectivity index (χ1) is 8.99. The van der Waals surface area contributed by atoms with Gasteiger partial charge < -0.3 is 10.5 Å². The number of ether oxygens (including phenoxy) is 1. The van der Waals surface area contributed by atoms with Crippen LogP contribution in [0, 0.1) is 0 Å². The molecule has 1 fully saturated rings. The molecule has 3 nitrogen and oxygen atoms in total. The van der Waals surface area contributed by atoms with Gasteiger partial charge in [-0.05, 0) is 38.0 Å². The van der Waals surface area contributed by atoms with Gasteiger partial charge in [-0.15, -0.1) is 0 Å². The molecule has 0 spiro atoms. The van der Waals surface area contributed by atoms with Crippen molar-refractivity contribution in [1.29, 1.82) is 0 Å². The van der Waals surface area contributed by atoms with Crippen LogP contribution in [-0.4, -0.2) is 36.7 Å². The number of halogens is 1. The Balaban J connectivity index is 1.89. The Hall–Kier alpha value is -0.420. The van der Waals surface area contributed by atoms with E-state index in [9.17, 15) is 0 Å². The van der Waals surface area contributed by atoms with Gasteiger partial charge in [-0.3, -0.25) is 4.90 Å². The van der Waals surface area contributed by atoms with Crippen LogP contribution in [0.15, 0.2) is 28.7 Å². The first-order valence-corrected chi connectivity index (χ1v) is 7.62. The lowest BCUT2D eigenvalue weighted by atomic mass is 9.99. The van der Waals surface area contributed by atoms with Crippen molar-refractivity contribution in [2.45, 2.75) is 31.8 Å². The summed E-state index contributed by atoms with van der Waals surface area (Å²) >= 11 is 3.45. The molecule has 1 aromatic rings. The fourth-order valence-electron chi connectivity index (χ4n) is 2.48. The van der Waals surface area contributed by atoms with Gasteiger partial charge in [0.05, 0.1) is 13.2 Å². The second-order valence-electron chi connectivity index (χ2n) is 5.80. The molecule has 19 heavy (non-hydrogen) atoms. The maximum Gasteiger partial charge on any atom is 0.0645 e. The summed E-state index contributed by atoms with van der Waals surface area (Å²) < 4.78 is 6.64. The topological polar surface area (TPSA) is 38.5 Å². The summed E-state index contributed by atoms with van der Waals surface area (Å²) in [4.78, 5) is 2.48. The molecule has 1 heterocycles. The SMILES string of the molecule is CC1(C)COCCN1CCC(N)c1ccc(Br)cc1. The van der Waals surface area contributed by atoms with Crippen molar-refractivity contribution >= 4 is 15.9 Å². The summed E-state index contributed by atoms with van der Waals surface area (Å²) in [6.07, 6.45) is 0.977.